The van der Waals surface area contributed by atoms with Crippen LogP contribution in [0.5, 0.6) is 0 Å². The Balaban J connectivity index is 2.74. The molecule has 0 amide bonds. The van der Waals surface area contributed by atoms with Crippen LogP contribution in [0.15, 0.2) is 18.3 Å². The molecule has 0 bridgehead atoms. The lowest BCUT2D eigenvalue weighted by atomic mass is 9.90. The van der Waals surface area contributed by atoms with Crippen LogP contribution in [0.25, 0.3) is 0 Å². The fraction of sp³-hybridized carbons (Fsp3) is 0.583. The van der Waals surface area contributed by atoms with Gasteiger partial charge in [0, 0.05) is 19.8 Å². The lowest BCUT2D eigenvalue weighted by molar-refractivity contribution is 0.406. The monoisotopic (exact) mass is 192 g/mol. The Hall–Kier alpha value is -1.05. The van der Waals surface area contributed by atoms with Crippen LogP contribution in [0, 0.1) is 5.41 Å². The first-order valence-electron chi connectivity index (χ1n) is 5.01. The van der Waals surface area contributed by atoms with Crippen LogP contribution in [-0.2, 0) is 6.42 Å². The van der Waals surface area contributed by atoms with E-state index in [1.807, 2.05) is 20.3 Å². The second-order valence-electron chi connectivity index (χ2n) is 5.14. The first kappa shape index (κ1) is 11.0. The van der Waals surface area contributed by atoms with Crippen molar-refractivity contribution < 1.29 is 0 Å². The zero-order chi connectivity index (χ0) is 10.8. The van der Waals surface area contributed by atoms with Crippen molar-refractivity contribution in [3.05, 3.63) is 24.0 Å². The van der Waals surface area contributed by atoms with Gasteiger partial charge < -0.3 is 4.90 Å². The predicted octanol–water partition coefficient (Wildman–Crippen LogP) is 2.74. The lowest BCUT2D eigenvalue weighted by Gasteiger charge is -2.18. The van der Waals surface area contributed by atoms with Crippen molar-refractivity contribution in [1.29, 1.82) is 0 Å². The highest BCUT2D eigenvalue weighted by Crippen LogP contribution is 2.20. The maximum atomic E-state index is 4.44. The number of hydrogen-bond acceptors (Lipinski definition) is 2. The van der Waals surface area contributed by atoms with E-state index in [4.69, 9.17) is 0 Å². The number of rotatable bonds is 2. The summed E-state index contributed by atoms with van der Waals surface area (Å²) < 4.78 is 0. The third-order valence-electron chi connectivity index (χ3n) is 2.04. The molecule has 0 aliphatic heterocycles. The zero-order valence-electron chi connectivity index (χ0n) is 9.83. The van der Waals surface area contributed by atoms with Gasteiger partial charge in [-0.25, -0.2) is 0 Å². The van der Waals surface area contributed by atoms with Crippen LogP contribution < -0.4 is 4.90 Å². The fourth-order valence-electron chi connectivity index (χ4n) is 1.33. The minimum atomic E-state index is 0.312. The number of aromatic nitrogens is 1. The molecule has 0 saturated carbocycles. The van der Waals surface area contributed by atoms with Crippen molar-refractivity contribution in [3.8, 4) is 0 Å². The molecule has 1 rings (SSSR count). The molecule has 0 aliphatic rings. The summed E-state index contributed by atoms with van der Waals surface area (Å²) in [5.74, 6) is 0. The standard InChI is InChI=1S/C12H20N2/c1-12(2,3)8-10-6-7-11(9-13-10)14(4)5/h6-7,9H,8H2,1-5H3. The van der Waals surface area contributed by atoms with Crippen LogP contribution in [0.3, 0.4) is 0 Å². The van der Waals surface area contributed by atoms with E-state index >= 15 is 0 Å². The number of hydrogen-bond donors (Lipinski definition) is 0. The maximum absolute atomic E-state index is 4.44. The highest BCUT2D eigenvalue weighted by atomic mass is 15.1. The van der Waals surface area contributed by atoms with Crippen LogP contribution in [0.4, 0.5) is 5.69 Å². The Bertz CT molecular complexity index is 280. The molecule has 2 heteroatoms. The normalized spacial score (nSPS) is 11.5. The Morgan fingerprint density at radius 2 is 1.86 bits per heavy atom. The Morgan fingerprint density at radius 1 is 1.21 bits per heavy atom. The summed E-state index contributed by atoms with van der Waals surface area (Å²) in [4.78, 5) is 6.51. The van der Waals surface area contributed by atoms with Crippen molar-refractivity contribution in [2.75, 3.05) is 19.0 Å². The molecule has 0 aliphatic carbocycles. The van der Waals surface area contributed by atoms with Gasteiger partial charge in [0.15, 0.2) is 0 Å². The van der Waals surface area contributed by atoms with E-state index in [-0.39, 0.29) is 0 Å². The second-order valence-corrected chi connectivity index (χ2v) is 5.14. The van der Waals surface area contributed by atoms with Gasteiger partial charge in [-0.05, 0) is 24.0 Å². The molecule has 0 N–H and O–H groups in total. The average Bonchev–Trinajstić information content (AvgIpc) is 2.02. The molecule has 1 aromatic heterocycles. The van der Waals surface area contributed by atoms with Crippen LogP contribution in [0.2, 0.25) is 0 Å². The van der Waals surface area contributed by atoms with Gasteiger partial charge in [-0.3, -0.25) is 4.98 Å². The predicted molar refractivity (Wildman–Crippen MR) is 61.7 cm³/mol. The van der Waals surface area contributed by atoms with Crippen LogP contribution in [0.1, 0.15) is 26.5 Å². The highest BCUT2D eigenvalue weighted by molar-refractivity contribution is 5.42. The van der Waals surface area contributed by atoms with Gasteiger partial charge >= 0.3 is 0 Å². The van der Waals surface area contributed by atoms with E-state index in [1.54, 1.807) is 0 Å². The van der Waals surface area contributed by atoms with Crippen molar-refractivity contribution >= 4 is 5.69 Å². The summed E-state index contributed by atoms with van der Waals surface area (Å²) in [7, 11) is 4.06. The van der Waals surface area contributed by atoms with Crippen molar-refractivity contribution in [2.24, 2.45) is 5.41 Å². The summed E-state index contributed by atoms with van der Waals surface area (Å²) in [6, 6.07) is 4.23. The molecule has 0 atom stereocenters. The smallest absolute Gasteiger partial charge is 0.0547 e. The summed E-state index contributed by atoms with van der Waals surface area (Å²) in [5, 5.41) is 0. The minimum absolute atomic E-state index is 0.312. The van der Waals surface area contributed by atoms with E-state index in [0.717, 1.165) is 12.1 Å². The molecule has 14 heavy (non-hydrogen) atoms. The van der Waals surface area contributed by atoms with Crippen LogP contribution >= 0.6 is 0 Å². The maximum Gasteiger partial charge on any atom is 0.0547 e. The topological polar surface area (TPSA) is 16.1 Å². The van der Waals surface area contributed by atoms with E-state index in [1.165, 1.54) is 5.69 Å². The van der Waals surface area contributed by atoms with E-state index in [0.29, 0.717) is 5.41 Å². The molecule has 2 nitrogen and oxygen atoms in total. The summed E-state index contributed by atoms with van der Waals surface area (Å²) in [5.41, 5.74) is 2.64. The summed E-state index contributed by atoms with van der Waals surface area (Å²) in [6.07, 6.45) is 2.96. The minimum Gasteiger partial charge on any atom is -0.376 e. The van der Waals surface area contributed by atoms with E-state index in [2.05, 4.69) is 42.8 Å². The molecular formula is C12H20N2. The molecule has 0 saturated heterocycles. The molecule has 1 heterocycles. The van der Waals surface area contributed by atoms with Crippen molar-refractivity contribution in [1.82, 2.24) is 4.98 Å². The Labute approximate surface area is 87.0 Å². The second kappa shape index (κ2) is 3.99. The van der Waals surface area contributed by atoms with Gasteiger partial charge in [0.25, 0.3) is 0 Å². The first-order chi connectivity index (χ1) is 6.38. The molecule has 0 fully saturated rings. The van der Waals surface area contributed by atoms with Crippen LogP contribution in [-0.4, -0.2) is 19.1 Å². The summed E-state index contributed by atoms with van der Waals surface area (Å²) >= 11 is 0. The summed E-state index contributed by atoms with van der Waals surface area (Å²) in [6.45, 7) is 6.69. The van der Waals surface area contributed by atoms with E-state index in [9.17, 15) is 0 Å². The quantitative estimate of drug-likeness (QED) is 0.716. The molecule has 0 radical (unpaired) electrons. The fourth-order valence-corrected chi connectivity index (χ4v) is 1.33. The molecule has 0 aromatic carbocycles. The third-order valence-corrected chi connectivity index (χ3v) is 2.04. The molecular weight excluding hydrogens is 172 g/mol. The van der Waals surface area contributed by atoms with Gasteiger partial charge in [-0.2, -0.15) is 0 Å². The van der Waals surface area contributed by atoms with Crippen molar-refractivity contribution in [3.63, 3.8) is 0 Å². The highest BCUT2D eigenvalue weighted by Gasteiger charge is 2.11. The first-order valence-corrected chi connectivity index (χ1v) is 5.01. The molecule has 0 spiro atoms. The number of pyridine rings is 1. The Morgan fingerprint density at radius 3 is 2.21 bits per heavy atom. The molecule has 0 unspecified atom stereocenters. The van der Waals surface area contributed by atoms with Gasteiger partial charge in [0.1, 0.15) is 0 Å². The Kier molecular flexibility index (Phi) is 3.14. The van der Waals surface area contributed by atoms with Crippen molar-refractivity contribution in [2.45, 2.75) is 27.2 Å². The number of nitrogens with zero attached hydrogens (tertiary/aromatic N) is 2. The largest absolute Gasteiger partial charge is 0.376 e. The SMILES string of the molecule is CN(C)c1ccc(CC(C)(C)C)nc1. The lowest BCUT2D eigenvalue weighted by Crippen LogP contribution is -2.12. The van der Waals surface area contributed by atoms with Gasteiger partial charge in [0.05, 0.1) is 11.9 Å². The zero-order valence-corrected chi connectivity index (χ0v) is 9.83. The van der Waals surface area contributed by atoms with E-state index < -0.39 is 0 Å². The van der Waals surface area contributed by atoms with Gasteiger partial charge in [-0.1, -0.05) is 20.8 Å². The third kappa shape index (κ3) is 3.36. The average molecular weight is 192 g/mol. The molecule has 78 valence electrons. The number of anilines is 1. The van der Waals surface area contributed by atoms with Gasteiger partial charge in [0.2, 0.25) is 0 Å². The molecule has 1 aromatic rings. The van der Waals surface area contributed by atoms with Gasteiger partial charge in [-0.15, -0.1) is 0 Å².